The number of hydrogen-bond donors (Lipinski definition) is 0. The maximum absolute atomic E-state index is 11.2. The Labute approximate surface area is 87.3 Å². The van der Waals surface area contributed by atoms with Gasteiger partial charge in [-0.1, -0.05) is 39.3 Å². The van der Waals surface area contributed by atoms with Crippen molar-refractivity contribution in [2.75, 3.05) is 6.61 Å². The van der Waals surface area contributed by atoms with E-state index in [1.807, 2.05) is 6.92 Å². The third-order valence-electron chi connectivity index (χ3n) is 1.93. The first-order valence-corrected chi connectivity index (χ1v) is 5.35. The molecule has 0 aromatic heterocycles. The molecule has 0 N–H and O–H groups in total. The second-order valence-corrected chi connectivity index (χ2v) is 4.16. The van der Waals surface area contributed by atoms with Crippen molar-refractivity contribution in [1.29, 1.82) is 0 Å². The average molecular weight is 198 g/mol. The minimum atomic E-state index is -0.112. The Hall–Kier alpha value is -0.790. The molecule has 0 atom stereocenters. The van der Waals surface area contributed by atoms with E-state index in [4.69, 9.17) is 4.74 Å². The molecule has 0 rings (SSSR count). The normalized spacial score (nSPS) is 12.0. The summed E-state index contributed by atoms with van der Waals surface area (Å²) in [7, 11) is 0. The number of carbonyl (C=O) groups excluding carboxylic acids is 1. The zero-order valence-electron chi connectivity index (χ0n) is 9.80. The molecule has 0 aliphatic heterocycles. The van der Waals surface area contributed by atoms with E-state index in [1.165, 1.54) is 0 Å². The number of ether oxygens (including phenoxy) is 1. The number of carbonyl (C=O) groups is 1. The molecular formula is C12H22O2. The third-order valence-corrected chi connectivity index (χ3v) is 1.93. The summed E-state index contributed by atoms with van der Waals surface area (Å²) < 4.78 is 4.91. The van der Waals surface area contributed by atoms with E-state index in [-0.39, 0.29) is 11.4 Å². The quantitative estimate of drug-likeness (QED) is 0.483. The van der Waals surface area contributed by atoms with Gasteiger partial charge < -0.3 is 4.74 Å². The summed E-state index contributed by atoms with van der Waals surface area (Å²) >= 11 is 0. The van der Waals surface area contributed by atoms with Crippen LogP contribution in [0.2, 0.25) is 0 Å². The molecule has 0 radical (unpaired) electrons. The molecule has 0 saturated heterocycles. The lowest BCUT2D eigenvalue weighted by molar-refractivity contribution is -0.144. The third kappa shape index (κ3) is 6.70. The summed E-state index contributed by atoms with van der Waals surface area (Å²) in [4.78, 5) is 11.2. The molecule has 0 unspecified atom stereocenters. The molecule has 0 aliphatic carbocycles. The van der Waals surface area contributed by atoms with Crippen LogP contribution < -0.4 is 0 Å². The van der Waals surface area contributed by atoms with Crippen LogP contribution in [0.1, 0.15) is 47.0 Å². The van der Waals surface area contributed by atoms with Gasteiger partial charge in [0.05, 0.1) is 13.0 Å². The van der Waals surface area contributed by atoms with Crippen LogP contribution in [0.25, 0.3) is 0 Å². The molecule has 0 aromatic carbocycles. The van der Waals surface area contributed by atoms with Gasteiger partial charge in [-0.15, -0.1) is 0 Å². The fraction of sp³-hybridized carbons (Fsp3) is 0.750. The van der Waals surface area contributed by atoms with Gasteiger partial charge in [0.25, 0.3) is 0 Å². The molecule has 0 heterocycles. The van der Waals surface area contributed by atoms with Gasteiger partial charge in [0, 0.05) is 0 Å². The number of esters is 1. The molecular weight excluding hydrogens is 176 g/mol. The summed E-state index contributed by atoms with van der Waals surface area (Å²) in [6.45, 7) is 8.54. The van der Waals surface area contributed by atoms with Gasteiger partial charge in [0.15, 0.2) is 0 Å². The van der Waals surface area contributed by atoms with Gasteiger partial charge in [-0.25, -0.2) is 0 Å². The summed E-state index contributed by atoms with van der Waals surface area (Å²) in [5, 5.41) is 0. The van der Waals surface area contributed by atoms with Crippen LogP contribution in [0.4, 0.5) is 0 Å². The van der Waals surface area contributed by atoms with E-state index >= 15 is 0 Å². The average Bonchev–Trinajstić information content (AvgIpc) is 2.03. The molecule has 2 nitrogen and oxygen atoms in total. The molecule has 0 fully saturated rings. The largest absolute Gasteiger partial charge is 0.466 e. The monoisotopic (exact) mass is 198 g/mol. The lowest BCUT2D eigenvalue weighted by Crippen LogP contribution is -2.16. The Balaban J connectivity index is 3.99. The second-order valence-electron chi connectivity index (χ2n) is 4.16. The highest BCUT2D eigenvalue weighted by atomic mass is 16.5. The predicted octanol–water partition coefficient (Wildman–Crippen LogP) is 3.32. The van der Waals surface area contributed by atoms with Crippen molar-refractivity contribution >= 4 is 5.97 Å². The molecule has 14 heavy (non-hydrogen) atoms. The minimum absolute atomic E-state index is 0.0819. The van der Waals surface area contributed by atoms with E-state index < -0.39 is 0 Å². The number of rotatable bonds is 6. The van der Waals surface area contributed by atoms with Crippen molar-refractivity contribution < 1.29 is 9.53 Å². The smallest absolute Gasteiger partial charge is 0.306 e. The van der Waals surface area contributed by atoms with Crippen LogP contribution in [-0.2, 0) is 9.53 Å². The van der Waals surface area contributed by atoms with E-state index in [0.29, 0.717) is 13.0 Å². The van der Waals surface area contributed by atoms with Crippen molar-refractivity contribution in [1.82, 2.24) is 0 Å². The van der Waals surface area contributed by atoms with Crippen LogP contribution in [0.15, 0.2) is 12.2 Å². The first-order chi connectivity index (χ1) is 6.52. The van der Waals surface area contributed by atoms with Crippen LogP contribution >= 0.6 is 0 Å². The van der Waals surface area contributed by atoms with Crippen LogP contribution in [-0.4, -0.2) is 12.6 Å². The molecule has 2 heteroatoms. The van der Waals surface area contributed by atoms with Crippen LogP contribution in [0, 0.1) is 5.41 Å². The fourth-order valence-corrected chi connectivity index (χ4v) is 1.21. The Morgan fingerprint density at radius 1 is 1.36 bits per heavy atom. The topological polar surface area (TPSA) is 26.3 Å². The maximum Gasteiger partial charge on any atom is 0.306 e. The number of hydrogen-bond acceptors (Lipinski definition) is 2. The highest BCUT2D eigenvalue weighted by Crippen LogP contribution is 2.23. The molecule has 0 bridgehead atoms. The summed E-state index contributed by atoms with van der Waals surface area (Å²) in [5.41, 5.74) is -0.0819. The molecule has 0 spiro atoms. The van der Waals surface area contributed by atoms with E-state index in [2.05, 4.69) is 32.9 Å². The SMILES string of the molecule is CCC/C=C/C(C)(C)CC(=O)OCC. The van der Waals surface area contributed by atoms with Crippen molar-refractivity contribution in [2.24, 2.45) is 5.41 Å². The molecule has 82 valence electrons. The van der Waals surface area contributed by atoms with Crippen molar-refractivity contribution in [3.05, 3.63) is 12.2 Å². The standard InChI is InChI=1S/C12H22O2/c1-5-7-8-9-12(3,4)10-11(13)14-6-2/h8-9H,5-7,10H2,1-4H3/b9-8+. The minimum Gasteiger partial charge on any atom is -0.466 e. The van der Waals surface area contributed by atoms with Gasteiger partial charge in [-0.3, -0.25) is 4.79 Å². The summed E-state index contributed by atoms with van der Waals surface area (Å²) in [6, 6.07) is 0. The summed E-state index contributed by atoms with van der Waals surface area (Å²) in [6.07, 6.45) is 6.92. The fourth-order valence-electron chi connectivity index (χ4n) is 1.21. The van der Waals surface area contributed by atoms with Crippen LogP contribution in [0.3, 0.4) is 0 Å². The Bertz CT molecular complexity index is 192. The van der Waals surface area contributed by atoms with Gasteiger partial charge >= 0.3 is 5.97 Å². The maximum atomic E-state index is 11.2. The molecule has 0 aliphatic rings. The molecule has 0 saturated carbocycles. The van der Waals surface area contributed by atoms with Gasteiger partial charge in [0.1, 0.15) is 0 Å². The van der Waals surface area contributed by atoms with E-state index in [0.717, 1.165) is 12.8 Å². The Morgan fingerprint density at radius 2 is 2.00 bits per heavy atom. The highest BCUT2D eigenvalue weighted by molar-refractivity contribution is 5.70. The lowest BCUT2D eigenvalue weighted by atomic mass is 9.88. The van der Waals surface area contributed by atoms with Crippen molar-refractivity contribution in [3.63, 3.8) is 0 Å². The van der Waals surface area contributed by atoms with Gasteiger partial charge in [-0.05, 0) is 18.8 Å². The number of unbranched alkanes of at least 4 members (excludes halogenated alkanes) is 1. The highest BCUT2D eigenvalue weighted by Gasteiger charge is 2.19. The van der Waals surface area contributed by atoms with Crippen molar-refractivity contribution in [2.45, 2.75) is 47.0 Å². The Kier molecular flexibility index (Phi) is 6.26. The van der Waals surface area contributed by atoms with Gasteiger partial charge in [0.2, 0.25) is 0 Å². The second kappa shape index (κ2) is 6.63. The van der Waals surface area contributed by atoms with E-state index in [1.54, 1.807) is 0 Å². The first-order valence-electron chi connectivity index (χ1n) is 5.35. The predicted molar refractivity (Wildman–Crippen MR) is 59.1 cm³/mol. The number of allylic oxidation sites excluding steroid dienone is 2. The van der Waals surface area contributed by atoms with E-state index in [9.17, 15) is 4.79 Å². The zero-order valence-corrected chi connectivity index (χ0v) is 9.80. The summed E-state index contributed by atoms with van der Waals surface area (Å²) in [5.74, 6) is -0.112. The zero-order chi connectivity index (χ0) is 11.0. The lowest BCUT2D eigenvalue weighted by Gasteiger charge is -2.18. The van der Waals surface area contributed by atoms with Crippen LogP contribution in [0.5, 0.6) is 0 Å². The molecule has 0 aromatic rings. The Morgan fingerprint density at radius 3 is 2.50 bits per heavy atom. The molecule has 0 amide bonds. The van der Waals surface area contributed by atoms with Crippen molar-refractivity contribution in [3.8, 4) is 0 Å². The first kappa shape index (κ1) is 13.2. The van der Waals surface area contributed by atoms with Gasteiger partial charge in [-0.2, -0.15) is 0 Å².